The van der Waals surface area contributed by atoms with Crippen molar-refractivity contribution in [2.45, 2.75) is 0 Å². The zero-order valence-electron chi connectivity index (χ0n) is 9.14. The van der Waals surface area contributed by atoms with Gasteiger partial charge in [0.25, 0.3) is 0 Å². The van der Waals surface area contributed by atoms with Gasteiger partial charge in [0.1, 0.15) is 5.75 Å². The normalized spacial score (nSPS) is 9.71. The van der Waals surface area contributed by atoms with Crippen molar-refractivity contribution in [2.24, 2.45) is 0 Å². The molecule has 1 aromatic carbocycles. The number of nitriles is 1. The maximum atomic E-state index is 9.07. The molecule has 0 saturated carbocycles. The first kappa shape index (κ1) is 11.4. The van der Waals surface area contributed by atoms with Gasteiger partial charge in [0, 0.05) is 22.3 Å². The van der Waals surface area contributed by atoms with Crippen LogP contribution in [0.4, 0.5) is 0 Å². The summed E-state index contributed by atoms with van der Waals surface area (Å²) in [6, 6.07) is 9.14. The van der Waals surface area contributed by atoms with Crippen LogP contribution in [-0.4, -0.2) is 12.1 Å². The first-order valence-electron chi connectivity index (χ1n) is 4.93. The summed E-state index contributed by atoms with van der Waals surface area (Å²) in [4.78, 5) is 4.06. The Balaban J connectivity index is 2.56. The number of halogens is 1. The minimum absolute atomic E-state index is 0.521. The van der Waals surface area contributed by atoms with E-state index in [0.29, 0.717) is 16.3 Å². The number of hydrogen-bond donors (Lipinski definition) is 0. The van der Waals surface area contributed by atoms with E-state index in [0.717, 1.165) is 11.1 Å². The fourth-order valence-electron chi connectivity index (χ4n) is 1.54. The van der Waals surface area contributed by atoms with Crippen molar-refractivity contribution in [1.29, 1.82) is 5.26 Å². The molecule has 2 rings (SSSR count). The van der Waals surface area contributed by atoms with E-state index in [2.05, 4.69) is 11.1 Å². The number of aromatic nitrogens is 1. The molecule has 0 bridgehead atoms. The van der Waals surface area contributed by atoms with E-state index in [1.165, 1.54) is 0 Å². The van der Waals surface area contributed by atoms with Crippen molar-refractivity contribution in [3.05, 3.63) is 47.2 Å². The predicted molar refractivity (Wildman–Crippen MR) is 66.0 cm³/mol. The van der Waals surface area contributed by atoms with Gasteiger partial charge in [-0.25, -0.2) is 0 Å². The second kappa shape index (κ2) is 4.86. The summed E-state index contributed by atoms with van der Waals surface area (Å²) in [6.45, 7) is 0. The van der Waals surface area contributed by atoms with Crippen LogP contribution >= 0.6 is 11.6 Å². The molecule has 0 fully saturated rings. The summed E-state index contributed by atoms with van der Waals surface area (Å²) in [5.74, 6) is 0.654. The number of hydrogen-bond acceptors (Lipinski definition) is 3. The highest BCUT2D eigenvalue weighted by Crippen LogP contribution is 2.27. The summed E-state index contributed by atoms with van der Waals surface area (Å²) in [5, 5.41) is 9.61. The van der Waals surface area contributed by atoms with Crippen molar-refractivity contribution in [3.63, 3.8) is 0 Å². The maximum Gasteiger partial charge on any atom is 0.137 e. The largest absolute Gasteiger partial charge is 0.495 e. The predicted octanol–water partition coefficient (Wildman–Crippen LogP) is 3.28. The van der Waals surface area contributed by atoms with Crippen LogP contribution in [0.25, 0.3) is 11.1 Å². The maximum absolute atomic E-state index is 9.07. The van der Waals surface area contributed by atoms with Crippen LogP contribution in [-0.2, 0) is 0 Å². The molecule has 84 valence electrons. The minimum Gasteiger partial charge on any atom is -0.495 e. The SMILES string of the molecule is COc1cncc(-c2ccc(Cl)cc2C#N)c1. The van der Waals surface area contributed by atoms with E-state index in [9.17, 15) is 0 Å². The van der Waals surface area contributed by atoms with E-state index in [-0.39, 0.29) is 0 Å². The Bertz CT molecular complexity index is 590. The molecule has 0 aliphatic heterocycles. The van der Waals surface area contributed by atoms with Gasteiger partial charge < -0.3 is 4.74 Å². The smallest absolute Gasteiger partial charge is 0.137 e. The highest BCUT2D eigenvalue weighted by molar-refractivity contribution is 6.30. The second-order valence-corrected chi connectivity index (χ2v) is 3.85. The number of benzene rings is 1. The number of ether oxygens (including phenoxy) is 1. The van der Waals surface area contributed by atoms with Crippen LogP contribution in [0.3, 0.4) is 0 Å². The first-order valence-corrected chi connectivity index (χ1v) is 5.31. The van der Waals surface area contributed by atoms with E-state index in [1.54, 1.807) is 37.7 Å². The van der Waals surface area contributed by atoms with E-state index in [1.807, 2.05) is 6.07 Å². The summed E-state index contributed by atoms with van der Waals surface area (Å²) >= 11 is 5.85. The molecule has 1 aromatic heterocycles. The molecule has 4 heteroatoms. The lowest BCUT2D eigenvalue weighted by Crippen LogP contribution is -1.88. The lowest BCUT2D eigenvalue weighted by molar-refractivity contribution is 0.413. The molecule has 0 unspecified atom stereocenters. The molecule has 1 heterocycles. The van der Waals surface area contributed by atoms with Crippen LogP contribution < -0.4 is 4.74 Å². The monoisotopic (exact) mass is 244 g/mol. The average molecular weight is 245 g/mol. The Hall–Kier alpha value is -2.05. The van der Waals surface area contributed by atoms with Crippen LogP contribution in [0.15, 0.2) is 36.7 Å². The molecule has 0 aliphatic rings. The van der Waals surface area contributed by atoms with Crippen molar-refractivity contribution < 1.29 is 4.74 Å². The zero-order valence-corrected chi connectivity index (χ0v) is 9.90. The molecule has 0 amide bonds. The van der Waals surface area contributed by atoms with E-state index in [4.69, 9.17) is 21.6 Å². The van der Waals surface area contributed by atoms with Crippen LogP contribution in [0, 0.1) is 11.3 Å². The number of nitrogens with zero attached hydrogens (tertiary/aromatic N) is 2. The van der Waals surface area contributed by atoms with Gasteiger partial charge in [0.05, 0.1) is 24.9 Å². The Morgan fingerprint density at radius 3 is 2.82 bits per heavy atom. The molecule has 0 atom stereocenters. The third-order valence-corrected chi connectivity index (χ3v) is 2.60. The standard InChI is InChI=1S/C13H9ClN2O/c1-17-12-5-10(7-16-8-12)13-3-2-11(14)4-9(13)6-15/h2-5,7-8H,1H3. The van der Waals surface area contributed by atoms with Crippen LogP contribution in [0.2, 0.25) is 5.02 Å². The van der Waals surface area contributed by atoms with Gasteiger partial charge in [-0.15, -0.1) is 0 Å². The summed E-state index contributed by atoms with van der Waals surface area (Å²) < 4.78 is 5.10. The number of pyridine rings is 1. The summed E-state index contributed by atoms with van der Waals surface area (Å²) in [6.07, 6.45) is 3.30. The van der Waals surface area contributed by atoms with Crippen molar-refractivity contribution in [1.82, 2.24) is 4.98 Å². The molecule has 0 radical (unpaired) electrons. The molecule has 0 saturated heterocycles. The number of methoxy groups -OCH3 is 1. The van der Waals surface area contributed by atoms with E-state index < -0.39 is 0 Å². The zero-order chi connectivity index (χ0) is 12.3. The molecule has 3 nitrogen and oxygen atoms in total. The highest BCUT2D eigenvalue weighted by Gasteiger charge is 2.07. The lowest BCUT2D eigenvalue weighted by atomic mass is 10.0. The Morgan fingerprint density at radius 1 is 1.29 bits per heavy atom. The molecular formula is C13H9ClN2O. The van der Waals surface area contributed by atoms with Gasteiger partial charge in [-0.2, -0.15) is 5.26 Å². The van der Waals surface area contributed by atoms with E-state index >= 15 is 0 Å². The highest BCUT2D eigenvalue weighted by atomic mass is 35.5. The Morgan fingerprint density at radius 2 is 2.12 bits per heavy atom. The number of rotatable bonds is 2. The van der Waals surface area contributed by atoms with Gasteiger partial charge in [-0.3, -0.25) is 4.98 Å². The van der Waals surface area contributed by atoms with Gasteiger partial charge in [-0.1, -0.05) is 17.7 Å². The van der Waals surface area contributed by atoms with Crippen molar-refractivity contribution >= 4 is 11.6 Å². The molecule has 0 aliphatic carbocycles. The van der Waals surface area contributed by atoms with Gasteiger partial charge >= 0.3 is 0 Å². The second-order valence-electron chi connectivity index (χ2n) is 3.42. The molecular weight excluding hydrogens is 236 g/mol. The average Bonchev–Trinajstić information content (AvgIpc) is 2.38. The molecule has 2 aromatic rings. The van der Waals surface area contributed by atoms with Gasteiger partial charge in [0.15, 0.2) is 0 Å². The first-order chi connectivity index (χ1) is 8.24. The van der Waals surface area contributed by atoms with Crippen molar-refractivity contribution in [3.8, 4) is 22.9 Å². The minimum atomic E-state index is 0.521. The summed E-state index contributed by atoms with van der Waals surface area (Å²) in [5.41, 5.74) is 2.15. The van der Waals surface area contributed by atoms with Gasteiger partial charge in [-0.05, 0) is 18.2 Å². The lowest BCUT2D eigenvalue weighted by Gasteiger charge is -2.06. The third kappa shape index (κ3) is 2.38. The fourth-order valence-corrected chi connectivity index (χ4v) is 1.71. The molecule has 0 spiro atoms. The van der Waals surface area contributed by atoms with Crippen LogP contribution in [0.1, 0.15) is 5.56 Å². The quantitative estimate of drug-likeness (QED) is 0.814. The Kier molecular flexibility index (Phi) is 3.27. The summed E-state index contributed by atoms with van der Waals surface area (Å²) in [7, 11) is 1.58. The van der Waals surface area contributed by atoms with Gasteiger partial charge in [0.2, 0.25) is 0 Å². The third-order valence-electron chi connectivity index (χ3n) is 2.36. The fraction of sp³-hybridized carbons (Fsp3) is 0.0769. The van der Waals surface area contributed by atoms with Crippen LogP contribution in [0.5, 0.6) is 5.75 Å². The molecule has 17 heavy (non-hydrogen) atoms. The molecule has 0 N–H and O–H groups in total. The topological polar surface area (TPSA) is 45.9 Å². The Labute approximate surface area is 104 Å². The van der Waals surface area contributed by atoms with Crippen molar-refractivity contribution in [2.75, 3.05) is 7.11 Å².